The van der Waals surface area contributed by atoms with E-state index >= 15 is 0 Å². The van der Waals surface area contributed by atoms with Gasteiger partial charge in [0.1, 0.15) is 6.29 Å². The third kappa shape index (κ3) is 1.65. The van der Waals surface area contributed by atoms with Crippen molar-refractivity contribution in [1.82, 2.24) is 0 Å². The van der Waals surface area contributed by atoms with Crippen LogP contribution in [0.1, 0.15) is 27.0 Å². The zero-order valence-corrected chi connectivity index (χ0v) is 9.29. The van der Waals surface area contributed by atoms with E-state index in [9.17, 15) is 4.79 Å². The van der Waals surface area contributed by atoms with Crippen molar-refractivity contribution in [3.63, 3.8) is 0 Å². The summed E-state index contributed by atoms with van der Waals surface area (Å²) in [5.41, 5.74) is 4.44. The van der Waals surface area contributed by atoms with Gasteiger partial charge in [0, 0.05) is 5.56 Å². The first kappa shape index (κ1) is 9.91. The van der Waals surface area contributed by atoms with E-state index in [1.54, 1.807) is 0 Å². The summed E-state index contributed by atoms with van der Waals surface area (Å²) in [4.78, 5) is 10.8. The SMILES string of the molecule is Cc1cc(C)c2c(C)cc(C=O)cc2c1. The Kier molecular flexibility index (Phi) is 2.31. The van der Waals surface area contributed by atoms with Crippen molar-refractivity contribution in [1.29, 1.82) is 0 Å². The summed E-state index contributed by atoms with van der Waals surface area (Å²) in [6, 6.07) is 8.20. The van der Waals surface area contributed by atoms with E-state index in [-0.39, 0.29) is 0 Å². The number of rotatable bonds is 1. The largest absolute Gasteiger partial charge is 0.298 e. The predicted molar refractivity (Wildman–Crippen MR) is 63.5 cm³/mol. The average Bonchev–Trinajstić information content (AvgIpc) is 2.15. The molecule has 0 aliphatic rings. The van der Waals surface area contributed by atoms with E-state index in [2.05, 4.69) is 32.9 Å². The van der Waals surface area contributed by atoms with Gasteiger partial charge >= 0.3 is 0 Å². The number of fused-ring (bicyclic) bond motifs is 1. The highest BCUT2D eigenvalue weighted by molar-refractivity contribution is 5.93. The van der Waals surface area contributed by atoms with Gasteiger partial charge in [-0.3, -0.25) is 4.79 Å². The summed E-state index contributed by atoms with van der Waals surface area (Å²) in [5, 5.41) is 2.43. The maximum Gasteiger partial charge on any atom is 0.150 e. The van der Waals surface area contributed by atoms with Crippen LogP contribution < -0.4 is 0 Å². The molecule has 0 aliphatic heterocycles. The van der Waals surface area contributed by atoms with Crippen molar-refractivity contribution in [2.24, 2.45) is 0 Å². The highest BCUT2D eigenvalue weighted by Gasteiger charge is 2.04. The van der Waals surface area contributed by atoms with Gasteiger partial charge in [-0.25, -0.2) is 0 Å². The zero-order chi connectivity index (χ0) is 11.0. The molecular formula is C14H14O. The van der Waals surface area contributed by atoms with Crippen LogP contribution in [-0.4, -0.2) is 6.29 Å². The molecule has 1 nitrogen and oxygen atoms in total. The smallest absolute Gasteiger partial charge is 0.150 e. The van der Waals surface area contributed by atoms with Gasteiger partial charge in [0.25, 0.3) is 0 Å². The molecule has 0 saturated heterocycles. The molecule has 0 spiro atoms. The van der Waals surface area contributed by atoms with E-state index in [1.807, 2.05) is 12.1 Å². The third-order valence-electron chi connectivity index (χ3n) is 2.75. The minimum Gasteiger partial charge on any atom is -0.298 e. The molecule has 0 unspecified atom stereocenters. The minimum atomic E-state index is 0.755. The Morgan fingerprint density at radius 1 is 0.933 bits per heavy atom. The van der Waals surface area contributed by atoms with E-state index in [0.29, 0.717) is 0 Å². The number of hydrogen-bond acceptors (Lipinski definition) is 1. The third-order valence-corrected chi connectivity index (χ3v) is 2.75. The van der Waals surface area contributed by atoms with E-state index in [1.165, 1.54) is 22.1 Å². The monoisotopic (exact) mass is 198 g/mol. The number of carbonyl (C=O) groups excluding carboxylic acids is 1. The Hall–Kier alpha value is -1.63. The van der Waals surface area contributed by atoms with Crippen LogP contribution in [0.5, 0.6) is 0 Å². The topological polar surface area (TPSA) is 17.1 Å². The van der Waals surface area contributed by atoms with E-state index in [0.717, 1.165) is 17.2 Å². The summed E-state index contributed by atoms with van der Waals surface area (Å²) in [6.45, 7) is 6.25. The van der Waals surface area contributed by atoms with Gasteiger partial charge in [-0.15, -0.1) is 0 Å². The highest BCUT2D eigenvalue weighted by atomic mass is 16.1. The van der Waals surface area contributed by atoms with Crippen LogP contribution in [0.4, 0.5) is 0 Å². The number of aryl methyl sites for hydroxylation is 3. The fraction of sp³-hybridized carbons (Fsp3) is 0.214. The van der Waals surface area contributed by atoms with Crippen LogP contribution >= 0.6 is 0 Å². The molecule has 2 aromatic rings. The number of hydrogen-bond donors (Lipinski definition) is 0. The summed E-state index contributed by atoms with van der Waals surface area (Å²) < 4.78 is 0. The molecule has 0 bridgehead atoms. The lowest BCUT2D eigenvalue weighted by Gasteiger charge is -2.08. The molecule has 0 aromatic heterocycles. The van der Waals surface area contributed by atoms with Gasteiger partial charge in [0.15, 0.2) is 0 Å². The van der Waals surface area contributed by atoms with Crippen molar-refractivity contribution in [3.05, 3.63) is 46.5 Å². The van der Waals surface area contributed by atoms with E-state index < -0.39 is 0 Å². The van der Waals surface area contributed by atoms with E-state index in [4.69, 9.17) is 0 Å². The first-order chi connectivity index (χ1) is 7.11. The lowest BCUT2D eigenvalue weighted by Crippen LogP contribution is -1.89. The van der Waals surface area contributed by atoms with Crippen molar-refractivity contribution in [2.45, 2.75) is 20.8 Å². The van der Waals surface area contributed by atoms with Gasteiger partial charge in [0.2, 0.25) is 0 Å². The molecule has 2 aromatic carbocycles. The molecule has 2 rings (SSSR count). The van der Waals surface area contributed by atoms with Gasteiger partial charge < -0.3 is 0 Å². The fourth-order valence-electron chi connectivity index (χ4n) is 2.26. The lowest BCUT2D eigenvalue weighted by atomic mass is 9.96. The van der Waals surface area contributed by atoms with Crippen LogP contribution in [0.2, 0.25) is 0 Å². The van der Waals surface area contributed by atoms with Crippen LogP contribution in [0.3, 0.4) is 0 Å². The summed E-state index contributed by atoms with van der Waals surface area (Å²) >= 11 is 0. The molecule has 0 N–H and O–H groups in total. The van der Waals surface area contributed by atoms with Crippen molar-refractivity contribution >= 4 is 17.1 Å². The molecule has 0 fully saturated rings. The van der Waals surface area contributed by atoms with Gasteiger partial charge in [-0.05, 0) is 54.8 Å². The predicted octanol–water partition coefficient (Wildman–Crippen LogP) is 3.58. The van der Waals surface area contributed by atoms with Gasteiger partial charge in [-0.1, -0.05) is 17.7 Å². The second kappa shape index (κ2) is 3.50. The van der Waals surface area contributed by atoms with Gasteiger partial charge in [0.05, 0.1) is 0 Å². The molecule has 0 amide bonds. The normalized spacial score (nSPS) is 10.6. The first-order valence-corrected chi connectivity index (χ1v) is 5.08. The van der Waals surface area contributed by atoms with Crippen LogP contribution in [-0.2, 0) is 0 Å². The van der Waals surface area contributed by atoms with Crippen molar-refractivity contribution in [3.8, 4) is 0 Å². The maximum absolute atomic E-state index is 10.8. The van der Waals surface area contributed by atoms with Crippen LogP contribution in [0, 0.1) is 20.8 Å². The molecule has 76 valence electrons. The number of aldehydes is 1. The standard InChI is InChI=1S/C14H14O/c1-9-4-10(2)14-11(3)6-12(8-15)7-13(14)5-9/h4-8H,1-3H3. The molecule has 0 radical (unpaired) electrons. The molecule has 0 atom stereocenters. The molecule has 0 heterocycles. The van der Waals surface area contributed by atoms with Crippen LogP contribution in [0.15, 0.2) is 24.3 Å². The molecule has 0 saturated carbocycles. The lowest BCUT2D eigenvalue weighted by molar-refractivity contribution is 0.112. The Morgan fingerprint density at radius 2 is 1.60 bits per heavy atom. The summed E-state index contributed by atoms with van der Waals surface area (Å²) in [7, 11) is 0. The molecular weight excluding hydrogens is 184 g/mol. The van der Waals surface area contributed by atoms with Crippen LogP contribution in [0.25, 0.3) is 10.8 Å². The van der Waals surface area contributed by atoms with Crippen molar-refractivity contribution in [2.75, 3.05) is 0 Å². The number of carbonyl (C=O) groups is 1. The Morgan fingerprint density at radius 3 is 2.27 bits per heavy atom. The summed E-state index contributed by atoms with van der Waals surface area (Å²) in [5.74, 6) is 0. The maximum atomic E-state index is 10.8. The second-order valence-corrected chi connectivity index (χ2v) is 4.14. The molecule has 15 heavy (non-hydrogen) atoms. The number of benzene rings is 2. The molecule has 0 aliphatic carbocycles. The molecule has 1 heteroatoms. The average molecular weight is 198 g/mol. The zero-order valence-electron chi connectivity index (χ0n) is 9.29. The second-order valence-electron chi connectivity index (χ2n) is 4.14. The first-order valence-electron chi connectivity index (χ1n) is 5.08. The Balaban J connectivity index is 2.91. The summed E-state index contributed by atoms with van der Waals surface area (Å²) in [6.07, 6.45) is 0.907. The Labute approximate surface area is 89.7 Å². The van der Waals surface area contributed by atoms with Crippen molar-refractivity contribution < 1.29 is 4.79 Å². The Bertz CT molecular complexity index is 539. The highest BCUT2D eigenvalue weighted by Crippen LogP contribution is 2.25. The fourth-order valence-corrected chi connectivity index (χ4v) is 2.26. The quantitative estimate of drug-likeness (QED) is 0.640. The van der Waals surface area contributed by atoms with Gasteiger partial charge in [-0.2, -0.15) is 0 Å². The minimum absolute atomic E-state index is 0.755.